The minimum atomic E-state index is -0.906. The Bertz CT molecular complexity index is 1190. The van der Waals surface area contributed by atoms with Crippen LogP contribution in [0.25, 0.3) is 5.82 Å². The van der Waals surface area contributed by atoms with Crippen molar-refractivity contribution in [1.29, 1.82) is 0 Å². The van der Waals surface area contributed by atoms with Crippen LogP contribution in [0.15, 0.2) is 54.7 Å². The van der Waals surface area contributed by atoms with Crippen molar-refractivity contribution in [1.82, 2.24) is 19.7 Å². The molecule has 2 atom stereocenters. The van der Waals surface area contributed by atoms with Crippen molar-refractivity contribution in [2.75, 3.05) is 5.32 Å². The number of pyridine rings is 1. The van der Waals surface area contributed by atoms with Crippen molar-refractivity contribution in [3.05, 3.63) is 71.5 Å². The van der Waals surface area contributed by atoms with E-state index in [0.29, 0.717) is 34.9 Å². The standard InChI is InChI=1S/C22H19N5O4/c1-13-12-18(27(25-13)17-8-4-5-11-23-17)24-20(29)16-9-10-19(28)26(16)21-14-6-2-3-7-15(14)22(30)31-21/h2-8,11-12,16,21H,9-10H2,1H3,(H,24,29)/t16-,21+/m1/s1. The molecule has 0 saturated carbocycles. The van der Waals surface area contributed by atoms with E-state index < -0.39 is 18.2 Å². The molecule has 0 aliphatic carbocycles. The third-order valence-electron chi connectivity index (χ3n) is 5.43. The number of ether oxygens (including phenoxy) is 1. The van der Waals surface area contributed by atoms with Crippen molar-refractivity contribution in [2.24, 2.45) is 0 Å². The Labute approximate surface area is 177 Å². The molecule has 2 aliphatic heterocycles. The zero-order valence-electron chi connectivity index (χ0n) is 16.7. The zero-order chi connectivity index (χ0) is 21.5. The minimum absolute atomic E-state index is 0.201. The fourth-order valence-electron chi connectivity index (χ4n) is 4.04. The van der Waals surface area contributed by atoms with Crippen LogP contribution in [0.5, 0.6) is 0 Å². The molecule has 4 heterocycles. The minimum Gasteiger partial charge on any atom is -0.433 e. The highest BCUT2D eigenvalue weighted by molar-refractivity contribution is 6.00. The Kier molecular flexibility index (Phi) is 4.50. The maximum atomic E-state index is 13.2. The highest BCUT2D eigenvalue weighted by Crippen LogP contribution is 2.38. The van der Waals surface area contributed by atoms with Crippen LogP contribution >= 0.6 is 0 Å². The second-order valence-electron chi connectivity index (χ2n) is 7.46. The van der Waals surface area contributed by atoms with Crippen LogP contribution in [-0.4, -0.2) is 43.5 Å². The van der Waals surface area contributed by atoms with Gasteiger partial charge in [0.1, 0.15) is 11.9 Å². The molecule has 9 nitrogen and oxygen atoms in total. The zero-order valence-corrected chi connectivity index (χ0v) is 16.7. The lowest BCUT2D eigenvalue weighted by Crippen LogP contribution is -2.44. The van der Waals surface area contributed by atoms with Crippen LogP contribution in [0, 0.1) is 6.92 Å². The Morgan fingerprint density at radius 1 is 1.16 bits per heavy atom. The normalized spacial score (nSPS) is 20.0. The fraction of sp³-hybridized carbons (Fsp3) is 0.227. The van der Waals surface area contributed by atoms with Gasteiger partial charge in [0.2, 0.25) is 18.0 Å². The number of aromatic nitrogens is 3. The van der Waals surface area contributed by atoms with Gasteiger partial charge in [0.05, 0.1) is 11.3 Å². The second kappa shape index (κ2) is 7.35. The van der Waals surface area contributed by atoms with Gasteiger partial charge in [-0.3, -0.25) is 14.5 Å². The summed E-state index contributed by atoms with van der Waals surface area (Å²) < 4.78 is 7.01. The average Bonchev–Trinajstić information content (AvgIpc) is 3.44. The molecular formula is C22H19N5O4. The van der Waals surface area contributed by atoms with Crippen LogP contribution in [0.1, 0.15) is 40.7 Å². The first-order valence-electron chi connectivity index (χ1n) is 9.93. The predicted molar refractivity (Wildman–Crippen MR) is 109 cm³/mol. The molecule has 1 saturated heterocycles. The molecule has 1 aromatic carbocycles. The van der Waals surface area contributed by atoms with Crippen molar-refractivity contribution in [2.45, 2.75) is 32.0 Å². The largest absolute Gasteiger partial charge is 0.433 e. The van der Waals surface area contributed by atoms with Gasteiger partial charge in [-0.1, -0.05) is 24.3 Å². The van der Waals surface area contributed by atoms with E-state index in [4.69, 9.17) is 4.74 Å². The number of carbonyl (C=O) groups is 3. The molecule has 0 unspecified atom stereocenters. The number of esters is 1. The maximum Gasteiger partial charge on any atom is 0.340 e. The van der Waals surface area contributed by atoms with Gasteiger partial charge in [-0.2, -0.15) is 9.78 Å². The first kappa shape index (κ1) is 19.0. The molecule has 2 aromatic heterocycles. The summed E-state index contributed by atoms with van der Waals surface area (Å²) in [7, 11) is 0. The lowest BCUT2D eigenvalue weighted by molar-refractivity contribution is -0.144. The van der Waals surface area contributed by atoms with E-state index >= 15 is 0 Å². The third kappa shape index (κ3) is 3.24. The quantitative estimate of drug-likeness (QED) is 0.654. The van der Waals surface area contributed by atoms with Crippen molar-refractivity contribution >= 4 is 23.6 Å². The summed E-state index contributed by atoms with van der Waals surface area (Å²) in [6.07, 6.45) is 1.27. The molecule has 0 bridgehead atoms. The summed E-state index contributed by atoms with van der Waals surface area (Å²) in [5, 5.41) is 7.27. The topological polar surface area (TPSA) is 106 Å². The van der Waals surface area contributed by atoms with Crippen LogP contribution in [0.4, 0.5) is 5.82 Å². The molecule has 1 N–H and O–H groups in total. The van der Waals surface area contributed by atoms with Crippen LogP contribution in [0.3, 0.4) is 0 Å². The number of cyclic esters (lactones) is 1. The van der Waals surface area contributed by atoms with E-state index in [2.05, 4.69) is 15.4 Å². The molecule has 2 aliphatic rings. The molecule has 31 heavy (non-hydrogen) atoms. The monoisotopic (exact) mass is 417 g/mol. The fourth-order valence-corrected chi connectivity index (χ4v) is 4.04. The first-order chi connectivity index (χ1) is 15.0. The van der Waals surface area contributed by atoms with Gasteiger partial charge in [-0.05, 0) is 31.5 Å². The number of likely N-dealkylation sites (tertiary alicyclic amines) is 1. The van der Waals surface area contributed by atoms with Gasteiger partial charge >= 0.3 is 5.97 Å². The first-order valence-corrected chi connectivity index (χ1v) is 9.93. The van der Waals surface area contributed by atoms with Gasteiger partial charge in [0, 0.05) is 24.2 Å². The van der Waals surface area contributed by atoms with Gasteiger partial charge in [-0.25, -0.2) is 9.78 Å². The summed E-state index contributed by atoms with van der Waals surface area (Å²) in [6.45, 7) is 1.81. The maximum absolute atomic E-state index is 13.2. The average molecular weight is 417 g/mol. The number of amides is 2. The number of fused-ring (bicyclic) bond motifs is 1. The smallest absolute Gasteiger partial charge is 0.340 e. The van der Waals surface area contributed by atoms with Gasteiger partial charge < -0.3 is 10.1 Å². The number of hydrogen-bond donors (Lipinski definition) is 1. The summed E-state index contributed by atoms with van der Waals surface area (Å²) in [5.74, 6) is -0.0936. The van der Waals surface area contributed by atoms with Crippen molar-refractivity contribution < 1.29 is 19.1 Å². The Balaban J connectivity index is 1.43. The van der Waals surface area contributed by atoms with Gasteiger partial charge in [-0.15, -0.1) is 0 Å². The summed E-state index contributed by atoms with van der Waals surface area (Å²) in [4.78, 5) is 43.8. The Hall–Kier alpha value is -4.01. The lowest BCUT2D eigenvalue weighted by Gasteiger charge is -2.29. The third-order valence-corrected chi connectivity index (χ3v) is 5.43. The van der Waals surface area contributed by atoms with Crippen molar-refractivity contribution in [3.63, 3.8) is 0 Å². The lowest BCUT2D eigenvalue weighted by atomic mass is 10.1. The van der Waals surface area contributed by atoms with Gasteiger partial charge in [0.15, 0.2) is 5.82 Å². The van der Waals surface area contributed by atoms with Gasteiger partial charge in [0.25, 0.3) is 0 Å². The number of rotatable bonds is 4. The number of anilines is 1. The molecule has 2 amide bonds. The van der Waals surface area contributed by atoms with E-state index in [1.165, 1.54) is 4.90 Å². The van der Waals surface area contributed by atoms with E-state index in [9.17, 15) is 14.4 Å². The van der Waals surface area contributed by atoms with Crippen molar-refractivity contribution in [3.8, 4) is 5.82 Å². The Morgan fingerprint density at radius 2 is 1.97 bits per heavy atom. The molecule has 156 valence electrons. The van der Waals surface area contributed by atoms with Crippen LogP contribution < -0.4 is 5.32 Å². The molecule has 3 aromatic rings. The molecule has 0 radical (unpaired) electrons. The molecule has 5 rings (SSSR count). The van der Waals surface area contributed by atoms with Crippen LogP contribution in [0.2, 0.25) is 0 Å². The predicted octanol–water partition coefficient (Wildman–Crippen LogP) is 2.37. The van der Waals surface area contributed by atoms with E-state index in [0.717, 1.165) is 0 Å². The summed E-state index contributed by atoms with van der Waals surface area (Å²) in [5.41, 5.74) is 1.71. The highest BCUT2D eigenvalue weighted by Gasteiger charge is 2.46. The highest BCUT2D eigenvalue weighted by atomic mass is 16.6. The van der Waals surface area contributed by atoms with E-state index in [-0.39, 0.29) is 18.2 Å². The van der Waals surface area contributed by atoms with Crippen LogP contribution in [-0.2, 0) is 14.3 Å². The number of nitrogens with one attached hydrogen (secondary N) is 1. The molecule has 1 fully saturated rings. The number of benzene rings is 1. The second-order valence-corrected chi connectivity index (χ2v) is 7.46. The number of carbonyl (C=O) groups excluding carboxylic acids is 3. The number of hydrogen-bond acceptors (Lipinski definition) is 6. The summed E-state index contributed by atoms with van der Waals surface area (Å²) in [6, 6.07) is 13.3. The number of nitrogens with zero attached hydrogens (tertiary/aromatic N) is 4. The number of aryl methyl sites for hydroxylation is 1. The molecular weight excluding hydrogens is 398 g/mol. The SMILES string of the molecule is Cc1cc(NC(=O)[C@H]2CCC(=O)N2[C@H]2OC(=O)c3ccccc32)n(-c2ccccn2)n1. The molecule has 9 heteroatoms. The summed E-state index contributed by atoms with van der Waals surface area (Å²) >= 11 is 0. The van der Waals surface area contributed by atoms with E-state index in [1.54, 1.807) is 53.3 Å². The Morgan fingerprint density at radius 3 is 2.77 bits per heavy atom. The molecule has 0 spiro atoms. The van der Waals surface area contributed by atoms with E-state index in [1.807, 2.05) is 13.0 Å².